The smallest absolute Gasteiger partial charge is 0.245 e. The number of hydrogen-bond acceptors (Lipinski definition) is 5. The van der Waals surface area contributed by atoms with Crippen molar-refractivity contribution in [1.82, 2.24) is 23.8 Å². The second-order valence-electron chi connectivity index (χ2n) is 4.72. The summed E-state index contributed by atoms with van der Waals surface area (Å²) >= 11 is 1.19. The molecule has 1 N–H and O–H groups in total. The van der Waals surface area contributed by atoms with Crippen molar-refractivity contribution < 1.29 is 4.79 Å². The van der Waals surface area contributed by atoms with E-state index < -0.39 is 0 Å². The van der Waals surface area contributed by atoms with Crippen molar-refractivity contribution in [1.29, 1.82) is 0 Å². The molecule has 0 saturated heterocycles. The lowest BCUT2D eigenvalue weighted by molar-refractivity contribution is -0.124. The lowest BCUT2D eigenvalue weighted by Gasteiger charge is -2.15. The molecule has 108 valence electrons. The Hall–Kier alpha value is -2.28. The molecule has 2 aromatic heterocycles. The van der Waals surface area contributed by atoms with E-state index in [1.54, 1.807) is 17.1 Å². The monoisotopic (exact) mass is 301 g/mol. The molecule has 0 bridgehead atoms. The topological polar surface area (TPSA) is 72.7 Å². The average Bonchev–Trinajstić information content (AvgIpc) is 3.16. The number of carbonyl (C=O) groups excluding carboxylic acids is 1. The van der Waals surface area contributed by atoms with E-state index in [0.29, 0.717) is 13.0 Å². The van der Waals surface area contributed by atoms with Crippen LogP contribution in [-0.4, -0.2) is 24.4 Å². The maximum absolute atomic E-state index is 12.3. The molecule has 0 radical (unpaired) electrons. The first-order valence-corrected chi connectivity index (χ1v) is 7.49. The van der Waals surface area contributed by atoms with E-state index in [4.69, 9.17) is 0 Å². The third kappa shape index (κ3) is 2.92. The highest BCUT2D eigenvalue weighted by atomic mass is 32.1. The molecule has 1 atom stereocenters. The summed E-state index contributed by atoms with van der Waals surface area (Å²) in [5.74, 6) is -0.0299. The van der Waals surface area contributed by atoms with Crippen LogP contribution in [0.15, 0.2) is 36.7 Å². The third-order valence-corrected chi connectivity index (χ3v) is 3.88. The number of nitrogens with zero attached hydrogens (tertiary/aromatic N) is 4. The Bertz CT molecular complexity index is 737. The largest absolute Gasteiger partial charge is 0.350 e. The SMILES string of the molecule is CC[C@H](C(=O)NCc1ccc2nsnc2c1)n1cccn1. The van der Waals surface area contributed by atoms with Gasteiger partial charge in [-0.25, -0.2) is 0 Å². The van der Waals surface area contributed by atoms with Crippen molar-refractivity contribution in [3.8, 4) is 0 Å². The molecule has 1 amide bonds. The van der Waals surface area contributed by atoms with Crippen LogP contribution >= 0.6 is 11.7 Å². The van der Waals surface area contributed by atoms with Crippen LogP contribution < -0.4 is 5.32 Å². The minimum atomic E-state index is -0.273. The molecule has 0 spiro atoms. The predicted octanol–water partition coefficient (Wildman–Crippen LogP) is 2.16. The Kier molecular flexibility index (Phi) is 3.92. The van der Waals surface area contributed by atoms with Crippen LogP contribution in [-0.2, 0) is 11.3 Å². The first-order valence-electron chi connectivity index (χ1n) is 6.76. The lowest BCUT2D eigenvalue weighted by Crippen LogP contribution is -2.32. The Morgan fingerprint density at radius 1 is 1.38 bits per heavy atom. The van der Waals surface area contributed by atoms with Gasteiger partial charge in [-0.3, -0.25) is 9.48 Å². The highest BCUT2D eigenvalue weighted by Crippen LogP contribution is 2.14. The molecule has 0 aliphatic rings. The molecule has 3 aromatic rings. The molecule has 0 aliphatic carbocycles. The zero-order chi connectivity index (χ0) is 14.7. The van der Waals surface area contributed by atoms with Crippen molar-refractivity contribution >= 4 is 28.7 Å². The zero-order valence-corrected chi connectivity index (χ0v) is 12.4. The van der Waals surface area contributed by atoms with E-state index in [2.05, 4.69) is 19.2 Å². The summed E-state index contributed by atoms with van der Waals surface area (Å²) in [5, 5.41) is 7.09. The van der Waals surface area contributed by atoms with Crippen molar-refractivity contribution in [3.63, 3.8) is 0 Å². The lowest BCUT2D eigenvalue weighted by atomic mass is 10.1. The molecule has 21 heavy (non-hydrogen) atoms. The van der Waals surface area contributed by atoms with Crippen molar-refractivity contribution in [2.24, 2.45) is 0 Å². The fourth-order valence-corrected chi connectivity index (χ4v) is 2.72. The van der Waals surface area contributed by atoms with Gasteiger partial charge in [0.15, 0.2) is 0 Å². The van der Waals surface area contributed by atoms with Gasteiger partial charge in [-0.15, -0.1) is 0 Å². The van der Waals surface area contributed by atoms with Gasteiger partial charge in [0.2, 0.25) is 5.91 Å². The van der Waals surface area contributed by atoms with Gasteiger partial charge in [-0.05, 0) is 30.2 Å². The van der Waals surface area contributed by atoms with E-state index in [1.807, 2.05) is 31.2 Å². The van der Waals surface area contributed by atoms with Crippen LogP contribution in [0.1, 0.15) is 24.9 Å². The number of fused-ring (bicyclic) bond motifs is 1. The van der Waals surface area contributed by atoms with Crippen LogP contribution in [0.2, 0.25) is 0 Å². The molecule has 3 rings (SSSR count). The maximum atomic E-state index is 12.3. The van der Waals surface area contributed by atoms with E-state index in [0.717, 1.165) is 16.6 Å². The van der Waals surface area contributed by atoms with Crippen molar-refractivity contribution in [2.75, 3.05) is 0 Å². The number of hydrogen-bond donors (Lipinski definition) is 1. The normalized spacial score (nSPS) is 12.4. The van der Waals surface area contributed by atoms with Crippen molar-refractivity contribution in [3.05, 3.63) is 42.2 Å². The van der Waals surface area contributed by atoms with Crippen LogP contribution in [0.3, 0.4) is 0 Å². The Labute approximate surface area is 126 Å². The first-order chi connectivity index (χ1) is 10.3. The summed E-state index contributed by atoms with van der Waals surface area (Å²) < 4.78 is 10.0. The van der Waals surface area contributed by atoms with E-state index in [9.17, 15) is 4.79 Å². The number of aromatic nitrogens is 4. The number of benzene rings is 1. The van der Waals surface area contributed by atoms with Gasteiger partial charge >= 0.3 is 0 Å². The zero-order valence-electron chi connectivity index (χ0n) is 11.6. The van der Waals surface area contributed by atoms with Gasteiger partial charge in [0.05, 0.1) is 11.7 Å². The van der Waals surface area contributed by atoms with Gasteiger partial charge in [-0.1, -0.05) is 13.0 Å². The number of carbonyl (C=O) groups is 1. The summed E-state index contributed by atoms with van der Waals surface area (Å²) in [6, 6.07) is 7.38. The highest BCUT2D eigenvalue weighted by molar-refractivity contribution is 7.00. The molecule has 0 unspecified atom stereocenters. The van der Waals surface area contributed by atoms with Crippen LogP contribution in [0.5, 0.6) is 0 Å². The highest BCUT2D eigenvalue weighted by Gasteiger charge is 2.18. The third-order valence-electron chi connectivity index (χ3n) is 3.32. The second kappa shape index (κ2) is 6.01. The Morgan fingerprint density at radius 2 is 2.24 bits per heavy atom. The van der Waals surface area contributed by atoms with Gasteiger partial charge in [0, 0.05) is 18.9 Å². The molecule has 7 heteroatoms. The van der Waals surface area contributed by atoms with Crippen LogP contribution in [0, 0.1) is 0 Å². The minimum Gasteiger partial charge on any atom is -0.350 e. The molecule has 0 fully saturated rings. The number of nitrogens with one attached hydrogen (secondary N) is 1. The second-order valence-corrected chi connectivity index (χ2v) is 5.24. The Morgan fingerprint density at radius 3 is 3.00 bits per heavy atom. The molecule has 2 heterocycles. The molecule has 0 aliphatic heterocycles. The standard InChI is InChI=1S/C14H15N5OS/c1-2-13(19-7-3-6-16-19)14(20)15-9-10-4-5-11-12(8-10)18-21-17-11/h3-8,13H,2,9H2,1H3,(H,15,20)/t13-/m1/s1. The van der Waals surface area contributed by atoms with Gasteiger partial charge in [-0.2, -0.15) is 13.8 Å². The molecule has 1 aromatic carbocycles. The molecular weight excluding hydrogens is 286 g/mol. The maximum Gasteiger partial charge on any atom is 0.245 e. The number of amides is 1. The van der Waals surface area contributed by atoms with E-state index in [-0.39, 0.29) is 11.9 Å². The summed E-state index contributed by atoms with van der Waals surface area (Å²) in [6.07, 6.45) is 4.18. The fraction of sp³-hybridized carbons (Fsp3) is 0.286. The van der Waals surface area contributed by atoms with Gasteiger partial charge in [0.25, 0.3) is 0 Å². The quantitative estimate of drug-likeness (QED) is 0.783. The molecule has 6 nitrogen and oxygen atoms in total. The first kappa shape index (κ1) is 13.7. The summed E-state index contributed by atoms with van der Waals surface area (Å²) in [4.78, 5) is 12.3. The van der Waals surface area contributed by atoms with Gasteiger partial charge in [0.1, 0.15) is 17.1 Å². The molecule has 0 saturated carbocycles. The van der Waals surface area contributed by atoms with E-state index in [1.165, 1.54) is 11.7 Å². The van der Waals surface area contributed by atoms with Gasteiger partial charge < -0.3 is 5.32 Å². The molecular formula is C14H15N5OS. The Balaban J connectivity index is 1.67. The minimum absolute atomic E-state index is 0.0299. The predicted molar refractivity (Wildman–Crippen MR) is 80.8 cm³/mol. The fourth-order valence-electron chi connectivity index (χ4n) is 2.20. The summed E-state index contributed by atoms with van der Waals surface area (Å²) in [6.45, 7) is 2.45. The number of rotatable bonds is 5. The summed E-state index contributed by atoms with van der Waals surface area (Å²) in [7, 11) is 0. The van der Waals surface area contributed by atoms with Crippen molar-refractivity contribution in [2.45, 2.75) is 25.9 Å². The van der Waals surface area contributed by atoms with Crippen LogP contribution in [0.25, 0.3) is 11.0 Å². The van der Waals surface area contributed by atoms with E-state index >= 15 is 0 Å². The average molecular weight is 301 g/mol. The van der Waals surface area contributed by atoms with Crippen LogP contribution in [0.4, 0.5) is 0 Å². The summed E-state index contributed by atoms with van der Waals surface area (Å²) in [5.41, 5.74) is 2.77.